The van der Waals surface area contributed by atoms with Gasteiger partial charge in [-0.1, -0.05) is 0 Å². The maximum atomic E-state index is 13.8. The van der Waals surface area contributed by atoms with E-state index in [1.54, 1.807) is 28.1 Å². The van der Waals surface area contributed by atoms with E-state index < -0.39 is 36.7 Å². The number of aromatic nitrogens is 2. The van der Waals surface area contributed by atoms with Gasteiger partial charge >= 0.3 is 0 Å². The predicted molar refractivity (Wildman–Crippen MR) is 113 cm³/mol. The summed E-state index contributed by atoms with van der Waals surface area (Å²) >= 11 is 1.11. The summed E-state index contributed by atoms with van der Waals surface area (Å²) < 4.78 is 29.4. The van der Waals surface area contributed by atoms with Gasteiger partial charge in [0.25, 0.3) is 11.8 Å². The summed E-state index contributed by atoms with van der Waals surface area (Å²) in [6.45, 7) is -0.830. The molecule has 0 radical (unpaired) electrons. The molecule has 3 amide bonds. The SMILES string of the molecule is NC(=O)[C@@H]1CC(F)(F)CN1C(=O)c1cc(-c2ccc3nc(NC(=O)C4CC4)cn3c2)cs1. The number of nitrogens with one attached hydrogen (secondary N) is 1. The zero-order chi connectivity index (χ0) is 22.6. The van der Waals surface area contributed by atoms with Crippen molar-refractivity contribution in [3.05, 3.63) is 40.8 Å². The number of alkyl halides is 2. The van der Waals surface area contributed by atoms with Crippen LogP contribution in [0.3, 0.4) is 0 Å². The fourth-order valence-electron chi connectivity index (χ4n) is 3.82. The maximum Gasteiger partial charge on any atom is 0.267 e. The number of nitrogens with zero attached hydrogens (tertiary/aromatic N) is 3. The highest BCUT2D eigenvalue weighted by atomic mass is 32.1. The molecule has 11 heteroatoms. The molecule has 1 saturated carbocycles. The van der Waals surface area contributed by atoms with Crippen molar-refractivity contribution in [1.82, 2.24) is 14.3 Å². The highest BCUT2D eigenvalue weighted by molar-refractivity contribution is 7.12. The molecule has 3 aromatic heterocycles. The Morgan fingerprint density at radius 2 is 1.97 bits per heavy atom. The molecule has 4 heterocycles. The van der Waals surface area contributed by atoms with Crippen molar-refractivity contribution in [2.45, 2.75) is 31.2 Å². The normalized spacial score (nSPS) is 19.9. The Morgan fingerprint density at radius 1 is 1.19 bits per heavy atom. The summed E-state index contributed by atoms with van der Waals surface area (Å²) in [5, 5.41) is 4.55. The van der Waals surface area contributed by atoms with Crippen LogP contribution >= 0.6 is 11.3 Å². The number of likely N-dealkylation sites (tertiary alicyclic amines) is 1. The second kappa shape index (κ2) is 7.37. The fourth-order valence-corrected chi connectivity index (χ4v) is 4.69. The quantitative estimate of drug-likeness (QED) is 0.611. The van der Waals surface area contributed by atoms with E-state index in [1.807, 2.05) is 12.3 Å². The average Bonchev–Trinajstić information content (AvgIpc) is 3.19. The molecule has 166 valence electrons. The summed E-state index contributed by atoms with van der Waals surface area (Å²) in [4.78, 5) is 41.8. The number of nitrogens with two attached hydrogens (primary N) is 1. The summed E-state index contributed by atoms with van der Waals surface area (Å²) in [5.74, 6) is -4.22. The molecule has 32 heavy (non-hydrogen) atoms. The fraction of sp³-hybridized carbons (Fsp3) is 0.333. The Kier molecular flexibility index (Phi) is 4.73. The van der Waals surface area contributed by atoms with Crippen molar-refractivity contribution in [1.29, 1.82) is 0 Å². The lowest BCUT2D eigenvalue weighted by atomic mass is 10.1. The van der Waals surface area contributed by atoms with E-state index in [0.717, 1.165) is 40.2 Å². The highest BCUT2D eigenvalue weighted by Crippen LogP contribution is 2.35. The van der Waals surface area contributed by atoms with Crippen LogP contribution in [0, 0.1) is 5.92 Å². The first-order valence-electron chi connectivity index (χ1n) is 10.1. The van der Waals surface area contributed by atoms with E-state index >= 15 is 0 Å². The first-order valence-corrected chi connectivity index (χ1v) is 10.9. The van der Waals surface area contributed by atoms with Crippen LogP contribution < -0.4 is 11.1 Å². The number of primary amides is 1. The van der Waals surface area contributed by atoms with Crippen LogP contribution in [0.15, 0.2) is 36.0 Å². The smallest absolute Gasteiger partial charge is 0.267 e. The van der Waals surface area contributed by atoms with Crippen molar-refractivity contribution >= 4 is 40.5 Å². The number of carbonyl (C=O) groups excluding carboxylic acids is 3. The molecule has 5 rings (SSSR count). The van der Waals surface area contributed by atoms with Gasteiger partial charge in [0, 0.05) is 18.5 Å². The Morgan fingerprint density at radius 3 is 2.69 bits per heavy atom. The monoisotopic (exact) mass is 459 g/mol. The topological polar surface area (TPSA) is 110 Å². The molecule has 0 aromatic carbocycles. The molecule has 8 nitrogen and oxygen atoms in total. The lowest BCUT2D eigenvalue weighted by molar-refractivity contribution is -0.122. The Balaban J connectivity index is 1.37. The van der Waals surface area contributed by atoms with Crippen molar-refractivity contribution in [2.24, 2.45) is 11.7 Å². The van der Waals surface area contributed by atoms with Gasteiger partial charge in [-0.15, -0.1) is 11.3 Å². The van der Waals surface area contributed by atoms with E-state index in [-0.39, 0.29) is 16.7 Å². The lowest BCUT2D eigenvalue weighted by Crippen LogP contribution is -2.43. The molecule has 2 aliphatic rings. The standard InChI is InChI=1S/C21H19F2N5O3S/c22-21(23)6-14(18(24)29)28(10-21)20(31)15-5-13(9-32-15)12-3-4-17-25-16(8-27(17)7-12)26-19(30)11-1-2-11/h3-5,7-9,11,14H,1-2,6,10H2,(H2,24,29)(H,26,30)/t14-/m0/s1. The minimum atomic E-state index is -3.14. The molecular weight excluding hydrogens is 440 g/mol. The minimum absolute atomic E-state index is 0.0311. The molecule has 1 aliphatic heterocycles. The summed E-state index contributed by atoms with van der Waals surface area (Å²) in [6.07, 6.45) is 4.56. The Labute approximate surface area is 185 Å². The third-order valence-corrected chi connectivity index (χ3v) is 6.57. The van der Waals surface area contributed by atoms with Crippen LogP contribution in [0.2, 0.25) is 0 Å². The number of thiophene rings is 1. The zero-order valence-electron chi connectivity index (χ0n) is 16.8. The number of pyridine rings is 1. The molecule has 1 aliphatic carbocycles. The number of carbonyl (C=O) groups is 3. The first-order chi connectivity index (χ1) is 15.2. The number of hydrogen-bond acceptors (Lipinski definition) is 5. The van der Waals surface area contributed by atoms with Crippen LogP contribution in [0.1, 0.15) is 28.9 Å². The van der Waals surface area contributed by atoms with Gasteiger partial charge in [0.2, 0.25) is 11.8 Å². The number of anilines is 1. The minimum Gasteiger partial charge on any atom is -0.368 e. The van der Waals surface area contributed by atoms with E-state index in [9.17, 15) is 23.2 Å². The van der Waals surface area contributed by atoms with Crippen molar-refractivity contribution in [2.75, 3.05) is 11.9 Å². The number of hydrogen-bond donors (Lipinski definition) is 2. The van der Waals surface area contributed by atoms with Crippen LogP contribution in [-0.2, 0) is 9.59 Å². The van der Waals surface area contributed by atoms with Gasteiger partial charge in [-0.3, -0.25) is 14.4 Å². The third kappa shape index (κ3) is 3.83. The van der Waals surface area contributed by atoms with Gasteiger partial charge in [-0.25, -0.2) is 13.8 Å². The van der Waals surface area contributed by atoms with E-state index in [2.05, 4.69) is 10.3 Å². The summed E-state index contributed by atoms with van der Waals surface area (Å²) in [5.41, 5.74) is 7.38. The molecule has 1 atom stereocenters. The zero-order valence-corrected chi connectivity index (χ0v) is 17.6. The lowest BCUT2D eigenvalue weighted by Gasteiger charge is -2.20. The molecule has 0 bridgehead atoms. The van der Waals surface area contributed by atoms with Gasteiger partial charge in [-0.2, -0.15) is 0 Å². The number of fused-ring (bicyclic) bond motifs is 1. The summed E-state index contributed by atoms with van der Waals surface area (Å²) in [6, 6.07) is 3.89. The summed E-state index contributed by atoms with van der Waals surface area (Å²) in [7, 11) is 0. The van der Waals surface area contributed by atoms with Crippen LogP contribution in [0.4, 0.5) is 14.6 Å². The Bertz CT molecular complexity index is 1250. The number of halogens is 2. The van der Waals surface area contributed by atoms with Crippen LogP contribution in [0.25, 0.3) is 16.8 Å². The second-order valence-corrected chi connectivity index (χ2v) is 9.10. The van der Waals surface area contributed by atoms with Gasteiger partial charge in [0.05, 0.1) is 17.6 Å². The highest BCUT2D eigenvalue weighted by Gasteiger charge is 2.49. The molecular formula is C21H19F2N5O3S. The first kappa shape index (κ1) is 20.6. The number of amides is 3. The van der Waals surface area contributed by atoms with Crippen LogP contribution in [-0.4, -0.2) is 50.5 Å². The van der Waals surface area contributed by atoms with Crippen molar-refractivity contribution in [3.63, 3.8) is 0 Å². The van der Waals surface area contributed by atoms with E-state index in [1.165, 1.54) is 0 Å². The van der Waals surface area contributed by atoms with Gasteiger partial charge in [-0.05, 0) is 47.5 Å². The average molecular weight is 459 g/mol. The van der Waals surface area contributed by atoms with Crippen molar-refractivity contribution < 1.29 is 23.2 Å². The van der Waals surface area contributed by atoms with Gasteiger partial charge in [0.1, 0.15) is 11.7 Å². The van der Waals surface area contributed by atoms with E-state index in [0.29, 0.717) is 11.5 Å². The molecule has 1 saturated heterocycles. The van der Waals surface area contributed by atoms with Crippen LogP contribution in [0.5, 0.6) is 0 Å². The van der Waals surface area contributed by atoms with Crippen molar-refractivity contribution in [3.8, 4) is 11.1 Å². The molecule has 3 N–H and O–H groups in total. The second-order valence-electron chi connectivity index (χ2n) is 8.18. The van der Waals surface area contributed by atoms with Gasteiger partial charge in [0.15, 0.2) is 5.82 Å². The molecule has 0 spiro atoms. The maximum absolute atomic E-state index is 13.8. The molecule has 0 unspecified atom stereocenters. The number of rotatable bonds is 5. The predicted octanol–water partition coefficient (Wildman–Crippen LogP) is 2.75. The van der Waals surface area contributed by atoms with Gasteiger partial charge < -0.3 is 20.4 Å². The third-order valence-electron chi connectivity index (χ3n) is 5.65. The van der Waals surface area contributed by atoms with E-state index in [4.69, 9.17) is 5.73 Å². The largest absolute Gasteiger partial charge is 0.368 e. The molecule has 3 aromatic rings. The number of imidazole rings is 1. The Hall–Kier alpha value is -3.34. The molecule has 2 fully saturated rings.